The van der Waals surface area contributed by atoms with E-state index in [0.717, 1.165) is 14.9 Å². The molecule has 2 nitrogen and oxygen atoms in total. The number of hydrogen-bond acceptors (Lipinski definition) is 3. The molecule has 0 saturated carbocycles. The van der Waals surface area contributed by atoms with Crippen LogP contribution in [0.5, 0.6) is 5.75 Å². The summed E-state index contributed by atoms with van der Waals surface area (Å²) >= 11 is 11.1. The SMILES string of the molecule is C[C@H](O)c1ccc(OCc2cc(Br)cs2)c(Cl)c1. The topological polar surface area (TPSA) is 29.5 Å². The summed E-state index contributed by atoms with van der Waals surface area (Å²) in [7, 11) is 0. The van der Waals surface area contributed by atoms with E-state index >= 15 is 0 Å². The zero-order chi connectivity index (χ0) is 13.1. The minimum atomic E-state index is -0.523. The Morgan fingerprint density at radius 3 is 2.78 bits per heavy atom. The van der Waals surface area contributed by atoms with Crippen molar-refractivity contribution in [3.8, 4) is 5.75 Å². The summed E-state index contributed by atoms with van der Waals surface area (Å²) in [5.74, 6) is 0.630. The molecule has 0 spiro atoms. The number of halogens is 2. The van der Waals surface area contributed by atoms with E-state index < -0.39 is 6.10 Å². The second-order valence-electron chi connectivity index (χ2n) is 3.89. The summed E-state index contributed by atoms with van der Waals surface area (Å²) in [6.45, 7) is 2.19. The van der Waals surface area contributed by atoms with Crippen molar-refractivity contribution >= 4 is 38.9 Å². The number of aliphatic hydroxyl groups excluding tert-OH is 1. The Kier molecular flexibility index (Phi) is 4.67. The van der Waals surface area contributed by atoms with Crippen molar-refractivity contribution in [2.24, 2.45) is 0 Å². The van der Waals surface area contributed by atoms with Crippen LogP contribution in [0.4, 0.5) is 0 Å². The molecule has 1 aromatic carbocycles. The molecule has 1 aromatic heterocycles. The molecule has 18 heavy (non-hydrogen) atoms. The Bertz CT molecular complexity index is 540. The van der Waals surface area contributed by atoms with Crippen LogP contribution in [0, 0.1) is 0 Å². The van der Waals surface area contributed by atoms with Gasteiger partial charge in [-0.05, 0) is 46.6 Å². The van der Waals surface area contributed by atoms with Crippen LogP contribution in [0.15, 0.2) is 34.1 Å². The lowest BCUT2D eigenvalue weighted by atomic mass is 10.1. The normalized spacial score (nSPS) is 12.4. The zero-order valence-corrected chi connectivity index (χ0v) is 12.8. The minimum absolute atomic E-state index is 0.490. The molecule has 0 aliphatic heterocycles. The fraction of sp³-hybridized carbons (Fsp3) is 0.231. The van der Waals surface area contributed by atoms with Crippen LogP contribution in [0.25, 0.3) is 0 Å². The van der Waals surface area contributed by atoms with Crippen molar-refractivity contribution in [3.63, 3.8) is 0 Å². The second-order valence-corrected chi connectivity index (χ2v) is 6.20. The average Bonchev–Trinajstić information content (AvgIpc) is 2.73. The largest absolute Gasteiger partial charge is 0.487 e. The zero-order valence-electron chi connectivity index (χ0n) is 9.69. The first-order valence-electron chi connectivity index (χ1n) is 5.39. The quantitative estimate of drug-likeness (QED) is 0.861. The molecule has 0 unspecified atom stereocenters. The third-order valence-electron chi connectivity index (χ3n) is 2.43. The third kappa shape index (κ3) is 3.48. The first kappa shape index (κ1) is 13.9. The fourth-order valence-corrected chi connectivity index (χ4v) is 3.08. The summed E-state index contributed by atoms with van der Waals surface area (Å²) in [6, 6.07) is 7.35. The van der Waals surface area contributed by atoms with Crippen molar-refractivity contribution in [2.75, 3.05) is 0 Å². The molecule has 96 valence electrons. The van der Waals surface area contributed by atoms with Crippen LogP contribution < -0.4 is 4.74 Å². The third-order valence-corrected chi connectivity index (χ3v) is 4.40. The molecular formula is C13H12BrClO2S. The van der Waals surface area contributed by atoms with Crippen LogP contribution in [0.2, 0.25) is 5.02 Å². The van der Waals surface area contributed by atoms with E-state index in [1.165, 1.54) is 0 Å². The number of aliphatic hydroxyl groups is 1. The summed E-state index contributed by atoms with van der Waals surface area (Å²) < 4.78 is 6.70. The molecule has 0 fully saturated rings. The highest BCUT2D eigenvalue weighted by Crippen LogP contribution is 2.29. The van der Waals surface area contributed by atoms with E-state index in [-0.39, 0.29) is 0 Å². The summed E-state index contributed by atoms with van der Waals surface area (Å²) in [6.07, 6.45) is -0.523. The molecule has 2 rings (SSSR count). The summed E-state index contributed by atoms with van der Waals surface area (Å²) in [5, 5.41) is 12.0. The summed E-state index contributed by atoms with van der Waals surface area (Å²) in [4.78, 5) is 1.12. The van der Waals surface area contributed by atoms with Gasteiger partial charge < -0.3 is 9.84 Å². The molecule has 2 aromatic rings. The van der Waals surface area contributed by atoms with Gasteiger partial charge >= 0.3 is 0 Å². The number of benzene rings is 1. The van der Waals surface area contributed by atoms with Gasteiger partial charge in [-0.1, -0.05) is 17.7 Å². The molecule has 1 atom stereocenters. The van der Waals surface area contributed by atoms with Crippen LogP contribution >= 0.6 is 38.9 Å². The van der Waals surface area contributed by atoms with Crippen LogP contribution in [0.1, 0.15) is 23.5 Å². The average molecular weight is 348 g/mol. The van der Waals surface area contributed by atoms with Crippen LogP contribution in [0.3, 0.4) is 0 Å². The van der Waals surface area contributed by atoms with Crippen molar-refractivity contribution in [1.29, 1.82) is 0 Å². The first-order valence-corrected chi connectivity index (χ1v) is 7.44. The minimum Gasteiger partial charge on any atom is -0.487 e. The Labute approximate surface area is 123 Å². The lowest BCUT2D eigenvalue weighted by molar-refractivity contribution is 0.199. The molecule has 0 saturated heterocycles. The standard InChI is InChI=1S/C13H12BrClO2S/c1-8(16)9-2-3-13(12(15)4-9)17-6-11-5-10(14)7-18-11/h2-5,7-8,16H,6H2,1H3/t8-/m0/s1. The van der Waals surface area contributed by atoms with Gasteiger partial charge in [0.1, 0.15) is 12.4 Å². The Balaban J connectivity index is 2.05. The van der Waals surface area contributed by atoms with E-state index in [0.29, 0.717) is 17.4 Å². The number of thiophene rings is 1. The van der Waals surface area contributed by atoms with Gasteiger partial charge in [-0.2, -0.15) is 0 Å². The number of rotatable bonds is 4. The first-order chi connectivity index (χ1) is 8.56. The highest BCUT2D eigenvalue weighted by Gasteiger charge is 2.07. The maximum atomic E-state index is 9.45. The van der Waals surface area contributed by atoms with Gasteiger partial charge in [-0.15, -0.1) is 11.3 Å². The lowest BCUT2D eigenvalue weighted by Crippen LogP contribution is -1.96. The van der Waals surface area contributed by atoms with E-state index in [2.05, 4.69) is 15.9 Å². The maximum Gasteiger partial charge on any atom is 0.138 e. The van der Waals surface area contributed by atoms with Crippen molar-refractivity contribution in [3.05, 3.63) is 49.6 Å². The highest BCUT2D eigenvalue weighted by atomic mass is 79.9. The van der Waals surface area contributed by atoms with Crippen molar-refractivity contribution in [2.45, 2.75) is 19.6 Å². The predicted molar refractivity (Wildman–Crippen MR) is 78.4 cm³/mol. The van der Waals surface area contributed by atoms with E-state index in [1.54, 1.807) is 30.4 Å². The molecule has 1 heterocycles. The second kappa shape index (κ2) is 6.06. The predicted octanol–water partition coefficient (Wildman–Crippen LogP) is 4.80. The Morgan fingerprint density at radius 1 is 1.44 bits per heavy atom. The van der Waals surface area contributed by atoms with Gasteiger partial charge in [0.25, 0.3) is 0 Å². The molecule has 5 heteroatoms. The van der Waals surface area contributed by atoms with Crippen LogP contribution in [-0.2, 0) is 6.61 Å². The molecule has 0 radical (unpaired) electrons. The van der Waals surface area contributed by atoms with Gasteiger partial charge in [0.2, 0.25) is 0 Å². The Morgan fingerprint density at radius 2 is 2.22 bits per heavy atom. The molecule has 0 amide bonds. The fourth-order valence-electron chi connectivity index (χ4n) is 1.47. The smallest absolute Gasteiger partial charge is 0.138 e. The van der Waals surface area contributed by atoms with Crippen molar-refractivity contribution in [1.82, 2.24) is 0 Å². The molecular weight excluding hydrogens is 336 g/mol. The van der Waals surface area contributed by atoms with E-state index in [4.69, 9.17) is 16.3 Å². The number of hydrogen-bond donors (Lipinski definition) is 1. The maximum absolute atomic E-state index is 9.45. The van der Waals surface area contributed by atoms with Gasteiger partial charge in [-0.3, -0.25) is 0 Å². The van der Waals surface area contributed by atoms with Gasteiger partial charge in [-0.25, -0.2) is 0 Å². The highest BCUT2D eigenvalue weighted by molar-refractivity contribution is 9.10. The number of ether oxygens (including phenoxy) is 1. The lowest BCUT2D eigenvalue weighted by Gasteiger charge is -2.10. The molecule has 0 aliphatic rings. The monoisotopic (exact) mass is 346 g/mol. The molecule has 0 aliphatic carbocycles. The van der Waals surface area contributed by atoms with Crippen molar-refractivity contribution < 1.29 is 9.84 Å². The van der Waals surface area contributed by atoms with Gasteiger partial charge in [0.15, 0.2) is 0 Å². The Hall–Kier alpha value is -0.550. The van der Waals surface area contributed by atoms with Gasteiger partial charge in [0, 0.05) is 14.7 Å². The summed E-state index contributed by atoms with van der Waals surface area (Å²) in [5.41, 5.74) is 0.784. The molecule has 0 bridgehead atoms. The van der Waals surface area contributed by atoms with E-state index in [1.807, 2.05) is 17.5 Å². The van der Waals surface area contributed by atoms with Gasteiger partial charge in [0.05, 0.1) is 11.1 Å². The van der Waals surface area contributed by atoms with Crippen LogP contribution in [-0.4, -0.2) is 5.11 Å². The van der Waals surface area contributed by atoms with E-state index in [9.17, 15) is 5.11 Å². The molecule has 1 N–H and O–H groups in total.